The number of carbonyl (C=O) groups excluding carboxylic acids is 1. The summed E-state index contributed by atoms with van der Waals surface area (Å²) in [5, 5.41) is 2.98. The highest BCUT2D eigenvalue weighted by molar-refractivity contribution is 5.81. The molecule has 0 aliphatic heterocycles. The highest BCUT2D eigenvalue weighted by Gasteiger charge is 2.17. The summed E-state index contributed by atoms with van der Waals surface area (Å²) in [5.41, 5.74) is 2.25. The van der Waals surface area contributed by atoms with Gasteiger partial charge in [-0.25, -0.2) is 0 Å². The maximum absolute atomic E-state index is 12.3. The lowest BCUT2D eigenvalue weighted by atomic mass is 10.1. The highest BCUT2D eigenvalue weighted by Crippen LogP contribution is 2.11. The summed E-state index contributed by atoms with van der Waals surface area (Å²) in [6.07, 6.45) is 0. The molecule has 4 heteroatoms. The van der Waals surface area contributed by atoms with Gasteiger partial charge in [-0.15, -0.1) is 0 Å². The number of benzene rings is 2. The van der Waals surface area contributed by atoms with Crippen LogP contribution in [0.25, 0.3) is 0 Å². The molecule has 2 aromatic carbocycles. The van der Waals surface area contributed by atoms with Crippen LogP contribution in [0.4, 0.5) is 0 Å². The monoisotopic (exact) mass is 312 g/mol. The largest absolute Gasteiger partial charge is 0.497 e. The number of amides is 1. The van der Waals surface area contributed by atoms with E-state index in [0.29, 0.717) is 6.54 Å². The van der Waals surface area contributed by atoms with Crippen LogP contribution in [0.3, 0.4) is 0 Å². The van der Waals surface area contributed by atoms with Crippen LogP contribution in [0, 0.1) is 0 Å². The van der Waals surface area contributed by atoms with Crippen molar-refractivity contribution in [2.24, 2.45) is 0 Å². The van der Waals surface area contributed by atoms with E-state index in [2.05, 4.69) is 17.4 Å². The van der Waals surface area contributed by atoms with Gasteiger partial charge in [0.25, 0.3) is 0 Å². The zero-order valence-corrected chi connectivity index (χ0v) is 14.0. The van der Waals surface area contributed by atoms with Crippen LogP contribution >= 0.6 is 0 Å². The molecule has 1 atom stereocenters. The van der Waals surface area contributed by atoms with Crippen LogP contribution in [-0.2, 0) is 17.9 Å². The molecule has 0 aliphatic carbocycles. The van der Waals surface area contributed by atoms with E-state index in [4.69, 9.17) is 4.74 Å². The second kappa shape index (κ2) is 8.34. The quantitative estimate of drug-likeness (QED) is 0.855. The molecule has 1 N–H and O–H groups in total. The Labute approximate surface area is 138 Å². The second-order valence-electron chi connectivity index (χ2n) is 5.64. The van der Waals surface area contributed by atoms with Gasteiger partial charge in [0.15, 0.2) is 0 Å². The average molecular weight is 312 g/mol. The molecule has 0 saturated heterocycles. The van der Waals surface area contributed by atoms with Crippen molar-refractivity contribution in [2.75, 3.05) is 14.2 Å². The Balaban J connectivity index is 1.84. The maximum atomic E-state index is 12.3. The smallest absolute Gasteiger partial charge is 0.237 e. The third-order valence-corrected chi connectivity index (χ3v) is 3.94. The number of methoxy groups -OCH3 is 1. The van der Waals surface area contributed by atoms with E-state index in [-0.39, 0.29) is 11.9 Å². The van der Waals surface area contributed by atoms with Crippen molar-refractivity contribution < 1.29 is 9.53 Å². The van der Waals surface area contributed by atoms with Crippen molar-refractivity contribution in [3.05, 3.63) is 65.7 Å². The first-order chi connectivity index (χ1) is 11.1. The topological polar surface area (TPSA) is 41.6 Å². The molecule has 1 unspecified atom stereocenters. The van der Waals surface area contributed by atoms with Crippen molar-refractivity contribution in [3.63, 3.8) is 0 Å². The molecular formula is C19H24N2O2. The molecule has 0 saturated carbocycles. The van der Waals surface area contributed by atoms with Gasteiger partial charge < -0.3 is 10.1 Å². The molecule has 0 fully saturated rings. The summed E-state index contributed by atoms with van der Waals surface area (Å²) >= 11 is 0. The number of carbonyl (C=O) groups is 1. The summed E-state index contributed by atoms with van der Waals surface area (Å²) in [4.78, 5) is 14.3. The molecular weight excluding hydrogens is 288 g/mol. The molecule has 2 rings (SSSR count). The first kappa shape index (κ1) is 17.0. The third-order valence-electron chi connectivity index (χ3n) is 3.94. The first-order valence-electron chi connectivity index (χ1n) is 7.75. The van der Waals surface area contributed by atoms with Gasteiger partial charge >= 0.3 is 0 Å². The van der Waals surface area contributed by atoms with Crippen LogP contribution in [0.15, 0.2) is 54.6 Å². The van der Waals surface area contributed by atoms with Gasteiger partial charge in [0.1, 0.15) is 5.75 Å². The van der Waals surface area contributed by atoms with Gasteiger partial charge in [-0.05, 0) is 37.2 Å². The van der Waals surface area contributed by atoms with Crippen molar-refractivity contribution >= 4 is 5.91 Å². The minimum atomic E-state index is -0.187. The van der Waals surface area contributed by atoms with Gasteiger partial charge in [0.2, 0.25) is 5.91 Å². The third kappa shape index (κ3) is 5.11. The molecule has 2 aromatic rings. The van der Waals surface area contributed by atoms with E-state index in [9.17, 15) is 4.79 Å². The van der Waals surface area contributed by atoms with Crippen LogP contribution in [0.1, 0.15) is 18.1 Å². The summed E-state index contributed by atoms with van der Waals surface area (Å²) in [6, 6.07) is 17.7. The Morgan fingerprint density at radius 1 is 1.09 bits per heavy atom. The molecule has 23 heavy (non-hydrogen) atoms. The lowest BCUT2D eigenvalue weighted by Gasteiger charge is -2.24. The second-order valence-corrected chi connectivity index (χ2v) is 5.64. The number of likely N-dealkylation sites (N-methyl/N-ethyl adjacent to an activating group) is 1. The fourth-order valence-electron chi connectivity index (χ4n) is 2.29. The van der Waals surface area contributed by atoms with Gasteiger partial charge in [0, 0.05) is 13.1 Å². The Kier molecular flexibility index (Phi) is 6.18. The maximum Gasteiger partial charge on any atom is 0.237 e. The van der Waals surface area contributed by atoms with Gasteiger partial charge in [-0.2, -0.15) is 0 Å². The average Bonchev–Trinajstić information content (AvgIpc) is 2.60. The molecule has 1 amide bonds. The van der Waals surface area contributed by atoms with Gasteiger partial charge in [0.05, 0.1) is 13.2 Å². The number of ether oxygens (including phenoxy) is 1. The normalized spacial score (nSPS) is 12.0. The van der Waals surface area contributed by atoms with Crippen molar-refractivity contribution in [3.8, 4) is 5.75 Å². The Morgan fingerprint density at radius 3 is 2.35 bits per heavy atom. The zero-order valence-electron chi connectivity index (χ0n) is 14.0. The van der Waals surface area contributed by atoms with E-state index >= 15 is 0 Å². The Hall–Kier alpha value is -2.33. The fourth-order valence-corrected chi connectivity index (χ4v) is 2.29. The summed E-state index contributed by atoms with van der Waals surface area (Å²) < 4.78 is 5.13. The molecule has 0 spiro atoms. The predicted molar refractivity (Wildman–Crippen MR) is 92.2 cm³/mol. The Morgan fingerprint density at radius 2 is 1.74 bits per heavy atom. The van der Waals surface area contributed by atoms with E-state index in [0.717, 1.165) is 17.9 Å². The van der Waals surface area contributed by atoms with Crippen LogP contribution in [0.2, 0.25) is 0 Å². The molecule has 4 nitrogen and oxygen atoms in total. The van der Waals surface area contributed by atoms with Crippen LogP contribution < -0.4 is 10.1 Å². The highest BCUT2D eigenvalue weighted by atomic mass is 16.5. The van der Waals surface area contributed by atoms with Crippen molar-refractivity contribution in [1.82, 2.24) is 10.2 Å². The van der Waals surface area contributed by atoms with E-state index in [1.165, 1.54) is 5.56 Å². The molecule has 122 valence electrons. The molecule has 0 aliphatic rings. The number of hydrogen-bond donors (Lipinski definition) is 1. The van der Waals surface area contributed by atoms with E-state index in [1.807, 2.05) is 61.3 Å². The summed E-state index contributed by atoms with van der Waals surface area (Å²) in [7, 11) is 3.60. The fraction of sp³-hybridized carbons (Fsp3) is 0.316. The van der Waals surface area contributed by atoms with Gasteiger partial charge in [-0.3, -0.25) is 9.69 Å². The Bertz CT molecular complexity index is 611. The SMILES string of the molecule is COc1ccc(CNC(=O)C(C)N(C)Cc2ccccc2)cc1. The van der Waals surface area contributed by atoms with Gasteiger partial charge in [-0.1, -0.05) is 42.5 Å². The summed E-state index contributed by atoms with van der Waals surface area (Å²) in [5.74, 6) is 0.843. The number of nitrogens with zero attached hydrogens (tertiary/aromatic N) is 1. The summed E-state index contributed by atoms with van der Waals surface area (Å²) in [6.45, 7) is 3.19. The first-order valence-corrected chi connectivity index (χ1v) is 7.75. The molecule has 0 heterocycles. The van der Waals surface area contributed by atoms with E-state index < -0.39 is 0 Å². The molecule has 0 bridgehead atoms. The van der Waals surface area contributed by atoms with Crippen molar-refractivity contribution in [1.29, 1.82) is 0 Å². The predicted octanol–water partition coefficient (Wildman–Crippen LogP) is 2.83. The van der Waals surface area contributed by atoms with Crippen LogP contribution in [-0.4, -0.2) is 31.0 Å². The number of rotatable bonds is 7. The molecule has 0 aromatic heterocycles. The van der Waals surface area contributed by atoms with Crippen LogP contribution in [0.5, 0.6) is 5.75 Å². The zero-order chi connectivity index (χ0) is 16.7. The minimum absolute atomic E-state index is 0.0271. The minimum Gasteiger partial charge on any atom is -0.497 e. The standard InChI is InChI=1S/C19H24N2O2/c1-15(21(2)14-17-7-5-4-6-8-17)19(22)20-13-16-9-11-18(23-3)12-10-16/h4-12,15H,13-14H2,1-3H3,(H,20,22). The van der Waals surface area contributed by atoms with Crippen molar-refractivity contribution in [2.45, 2.75) is 26.1 Å². The lowest BCUT2D eigenvalue weighted by molar-refractivity contribution is -0.125. The molecule has 0 radical (unpaired) electrons. The number of hydrogen-bond acceptors (Lipinski definition) is 3. The lowest BCUT2D eigenvalue weighted by Crippen LogP contribution is -2.42. The van der Waals surface area contributed by atoms with E-state index in [1.54, 1.807) is 7.11 Å². The number of nitrogens with one attached hydrogen (secondary N) is 1.